The zero-order chi connectivity index (χ0) is 9.14. The molecule has 12 heavy (non-hydrogen) atoms. The number of carbonyl (C=O) groups excluding carboxylic acids is 1. The van der Waals surface area contributed by atoms with Crippen molar-refractivity contribution in [3.63, 3.8) is 0 Å². The molecule has 0 saturated carbocycles. The van der Waals surface area contributed by atoms with Crippen LogP contribution in [0.5, 0.6) is 0 Å². The van der Waals surface area contributed by atoms with Gasteiger partial charge in [0.1, 0.15) is 0 Å². The van der Waals surface area contributed by atoms with Gasteiger partial charge in [0.2, 0.25) is 5.91 Å². The van der Waals surface area contributed by atoms with Crippen LogP contribution in [-0.2, 0) is 4.79 Å². The Morgan fingerprint density at radius 3 is 2.75 bits per heavy atom. The molecular weight excluding hydrogens is 218 g/mol. The van der Waals surface area contributed by atoms with Crippen LogP contribution >= 0.6 is 15.9 Å². The molecule has 0 aliphatic carbocycles. The smallest absolute Gasteiger partial charge is 0.221 e. The summed E-state index contributed by atoms with van der Waals surface area (Å²) >= 11 is 3.33. The van der Waals surface area contributed by atoms with Gasteiger partial charge in [-0.3, -0.25) is 4.79 Å². The van der Waals surface area contributed by atoms with E-state index < -0.39 is 0 Å². The first-order valence-electron chi connectivity index (χ1n) is 3.63. The first-order valence-corrected chi connectivity index (χ1v) is 4.42. The Morgan fingerprint density at radius 2 is 2.17 bits per heavy atom. The zero-order valence-electron chi connectivity index (χ0n) is 7.02. The molecular formula is C9H10BrNO. The van der Waals surface area contributed by atoms with Crippen LogP contribution in [0.1, 0.15) is 12.5 Å². The lowest BCUT2D eigenvalue weighted by Gasteiger charge is -2.05. The number of benzene rings is 1. The van der Waals surface area contributed by atoms with Gasteiger partial charge in [0, 0.05) is 17.1 Å². The summed E-state index contributed by atoms with van der Waals surface area (Å²) in [6.07, 6.45) is 0. The Morgan fingerprint density at radius 1 is 1.50 bits per heavy atom. The summed E-state index contributed by atoms with van der Waals surface area (Å²) in [5.41, 5.74) is 1.92. The molecule has 1 N–H and O–H groups in total. The minimum atomic E-state index is -0.0452. The number of halogens is 1. The Labute approximate surface area is 80.1 Å². The molecule has 64 valence electrons. The molecule has 1 aromatic carbocycles. The van der Waals surface area contributed by atoms with Gasteiger partial charge in [-0.15, -0.1) is 0 Å². The van der Waals surface area contributed by atoms with Gasteiger partial charge in [-0.25, -0.2) is 0 Å². The molecule has 1 aromatic rings. The van der Waals surface area contributed by atoms with Crippen molar-refractivity contribution >= 4 is 27.5 Å². The van der Waals surface area contributed by atoms with Gasteiger partial charge in [0.05, 0.1) is 0 Å². The van der Waals surface area contributed by atoms with Crippen LogP contribution in [0.25, 0.3) is 0 Å². The molecule has 0 aromatic heterocycles. The van der Waals surface area contributed by atoms with E-state index in [0.29, 0.717) is 0 Å². The number of hydrogen-bond acceptors (Lipinski definition) is 1. The van der Waals surface area contributed by atoms with E-state index in [9.17, 15) is 4.79 Å². The molecule has 0 bridgehead atoms. The molecule has 0 unspecified atom stereocenters. The maximum atomic E-state index is 10.8. The molecule has 0 spiro atoms. The third-order valence-corrected chi connectivity index (χ3v) is 2.00. The van der Waals surface area contributed by atoms with Crippen molar-refractivity contribution in [2.45, 2.75) is 13.8 Å². The number of hydrogen-bond donors (Lipinski definition) is 1. The van der Waals surface area contributed by atoms with Crippen LogP contribution in [0, 0.1) is 6.92 Å². The predicted molar refractivity (Wildman–Crippen MR) is 53.2 cm³/mol. The number of rotatable bonds is 1. The summed E-state index contributed by atoms with van der Waals surface area (Å²) in [6.45, 7) is 3.46. The molecule has 0 aliphatic rings. The largest absolute Gasteiger partial charge is 0.326 e. The highest BCUT2D eigenvalue weighted by atomic mass is 79.9. The third kappa shape index (κ3) is 2.34. The van der Waals surface area contributed by atoms with Crippen LogP contribution in [-0.4, -0.2) is 5.91 Å². The third-order valence-electron chi connectivity index (χ3n) is 1.51. The second-order valence-corrected chi connectivity index (χ2v) is 3.56. The number of carbonyl (C=O) groups is 1. The number of aryl methyl sites for hydroxylation is 1. The van der Waals surface area contributed by atoms with Gasteiger partial charge in [0.25, 0.3) is 0 Å². The summed E-state index contributed by atoms with van der Waals surface area (Å²) in [5.74, 6) is -0.0452. The van der Waals surface area contributed by atoms with Gasteiger partial charge in [-0.2, -0.15) is 0 Å². The van der Waals surface area contributed by atoms with Crippen molar-refractivity contribution in [2.75, 3.05) is 5.32 Å². The normalized spacial score (nSPS) is 9.58. The molecule has 2 nitrogen and oxygen atoms in total. The first kappa shape index (κ1) is 9.26. The van der Waals surface area contributed by atoms with Crippen molar-refractivity contribution in [3.05, 3.63) is 28.2 Å². The standard InChI is InChI=1S/C9H10BrNO/c1-6-3-4-8(10)5-9(6)11-7(2)12/h3-5H,1-2H3,(H,11,12). The van der Waals surface area contributed by atoms with Crippen molar-refractivity contribution in [2.24, 2.45) is 0 Å². The second kappa shape index (κ2) is 3.72. The van der Waals surface area contributed by atoms with Crippen LogP contribution in [0.3, 0.4) is 0 Å². The van der Waals surface area contributed by atoms with Gasteiger partial charge in [-0.1, -0.05) is 22.0 Å². The maximum Gasteiger partial charge on any atom is 0.221 e. The molecule has 0 saturated heterocycles. The molecule has 0 heterocycles. The number of anilines is 1. The highest BCUT2D eigenvalue weighted by Gasteiger charge is 1.99. The Hall–Kier alpha value is -0.830. The SMILES string of the molecule is CC(=O)Nc1cc(Br)ccc1C. The van der Waals surface area contributed by atoms with Crippen LogP contribution in [0.15, 0.2) is 22.7 Å². The van der Waals surface area contributed by atoms with E-state index in [0.717, 1.165) is 15.7 Å². The van der Waals surface area contributed by atoms with Gasteiger partial charge in [0.15, 0.2) is 0 Å². The minimum absolute atomic E-state index is 0.0452. The van der Waals surface area contributed by atoms with E-state index >= 15 is 0 Å². The Kier molecular flexibility index (Phi) is 2.87. The molecule has 0 fully saturated rings. The number of amides is 1. The summed E-state index contributed by atoms with van der Waals surface area (Å²) in [5, 5.41) is 2.74. The first-order chi connectivity index (χ1) is 5.59. The molecule has 0 atom stereocenters. The van der Waals surface area contributed by atoms with E-state index in [1.165, 1.54) is 6.92 Å². The fraction of sp³-hybridized carbons (Fsp3) is 0.222. The summed E-state index contributed by atoms with van der Waals surface area (Å²) in [7, 11) is 0. The van der Waals surface area contributed by atoms with Crippen molar-refractivity contribution in [3.8, 4) is 0 Å². The molecule has 1 rings (SSSR count). The van der Waals surface area contributed by atoms with Crippen LogP contribution in [0.2, 0.25) is 0 Å². The van der Waals surface area contributed by atoms with Crippen molar-refractivity contribution in [1.29, 1.82) is 0 Å². The zero-order valence-corrected chi connectivity index (χ0v) is 8.60. The lowest BCUT2D eigenvalue weighted by molar-refractivity contribution is -0.114. The van der Waals surface area contributed by atoms with E-state index in [1.54, 1.807) is 0 Å². The molecule has 0 radical (unpaired) electrons. The monoisotopic (exact) mass is 227 g/mol. The van der Waals surface area contributed by atoms with Gasteiger partial charge >= 0.3 is 0 Å². The predicted octanol–water partition coefficient (Wildman–Crippen LogP) is 2.72. The minimum Gasteiger partial charge on any atom is -0.326 e. The average molecular weight is 228 g/mol. The van der Waals surface area contributed by atoms with E-state index in [2.05, 4.69) is 21.2 Å². The highest BCUT2D eigenvalue weighted by Crippen LogP contribution is 2.20. The van der Waals surface area contributed by atoms with E-state index in [4.69, 9.17) is 0 Å². The van der Waals surface area contributed by atoms with Crippen molar-refractivity contribution in [1.82, 2.24) is 0 Å². The number of nitrogens with one attached hydrogen (secondary N) is 1. The van der Waals surface area contributed by atoms with Crippen LogP contribution < -0.4 is 5.32 Å². The van der Waals surface area contributed by atoms with E-state index in [1.807, 2.05) is 25.1 Å². The van der Waals surface area contributed by atoms with Crippen molar-refractivity contribution < 1.29 is 4.79 Å². The summed E-state index contributed by atoms with van der Waals surface area (Å²) in [6, 6.07) is 5.78. The molecule has 0 aliphatic heterocycles. The highest BCUT2D eigenvalue weighted by molar-refractivity contribution is 9.10. The average Bonchev–Trinajstić information content (AvgIpc) is 1.96. The summed E-state index contributed by atoms with van der Waals surface area (Å²) < 4.78 is 0.969. The maximum absolute atomic E-state index is 10.8. The fourth-order valence-corrected chi connectivity index (χ4v) is 1.28. The van der Waals surface area contributed by atoms with Gasteiger partial charge < -0.3 is 5.32 Å². The fourth-order valence-electron chi connectivity index (χ4n) is 0.919. The quantitative estimate of drug-likeness (QED) is 0.786. The van der Waals surface area contributed by atoms with E-state index in [-0.39, 0.29) is 5.91 Å². The summed E-state index contributed by atoms with van der Waals surface area (Å²) in [4.78, 5) is 10.8. The second-order valence-electron chi connectivity index (χ2n) is 2.64. The lowest BCUT2D eigenvalue weighted by Crippen LogP contribution is -2.06. The Bertz CT molecular complexity index is 309. The van der Waals surface area contributed by atoms with Crippen LogP contribution in [0.4, 0.5) is 5.69 Å². The topological polar surface area (TPSA) is 29.1 Å². The molecule has 1 amide bonds. The molecule has 3 heteroatoms. The van der Waals surface area contributed by atoms with Gasteiger partial charge in [-0.05, 0) is 24.6 Å². The Balaban J connectivity index is 2.97. The lowest BCUT2D eigenvalue weighted by atomic mass is 10.2.